The first kappa shape index (κ1) is 29.5. The Balaban J connectivity index is 3.08. The largest absolute Gasteiger partial charge is 0.481 e. The SMILES string of the molecule is NC(=O)CCC(NC(=O)C(Cc1cnc[nH]1)NC(=O)C(CC(=O)O)NC(=O)C(N)CC(=O)O)C(=O)O. The number of hydrogen-bond acceptors (Lipinski definition) is 9. The molecule has 1 aromatic rings. The van der Waals surface area contributed by atoms with E-state index in [4.69, 9.17) is 21.7 Å². The molecule has 17 nitrogen and oxygen atoms in total. The van der Waals surface area contributed by atoms with Crippen molar-refractivity contribution in [1.82, 2.24) is 25.9 Å². The van der Waals surface area contributed by atoms with E-state index in [1.165, 1.54) is 12.5 Å². The lowest BCUT2D eigenvalue weighted by Gasteiger charge is -2.24. The molecule has 0 spiro atoms. The van der Waals surface area contributed by atoms with Gasteiger partial charge in [-0.3, -0.25) is 28.8 Å². The van der Waals surface area contributed by atoms with Crippen LogP contribution < -0.4 is 27.4 Å². The molecule has 4 amide bonds. The number of carbonyl (C=O) groups excluding carboxylic acids is 4. The van der Waals surface area contributed by atoms with Gasteiger partial charge in [-0.15, -0.1) is 0 Å². The van der Waals surface area contributed by atoms with E-state index in [0.29, 0.717) is 5.69 Å². The summed E-state index contributed by atoms with van der Waals surface area (Å²) in [7, 11) is 0. The summed E-state index contributed by atoms with van der Waals surface area (Å²) in [6, 6.07) is -6.35. The van der Waals surface area contributed by atoms with Gasteiger partial charge in [0, 0.05) is 24.7 Å². The fourth-order valence-electron chi connectivity index (χ4n) is 2.86. The van der Waals surface area contributed by atoms with E-state index in [-0.39, 0.29) is 19.3 Å². The van der Waals surface area contributed by atoms with Crippen molar-refractivity contribution in [2.75, 3.05) is 0 Å². The molecule has 11 N–H and O–H groups in total. The Labute approximate surface area is 203 Å². The number of amides is 4. The zero-order valence-corrected chi connectivity index (χ0v) is 18.8. The Morgan fingerprint density at radius 3 is 1.92 bits per heavy atom. The maximum Gasteiger partial charge on any atom is 0.326 e. The van der Waals surface area contributed by atoms with Crippen LogP contribution in [-0.2, 0) is 40.0 Å². The van der Waals surface area contributed by atoms with E-state index >= 15 is 0 Å². The van der Waals surface area contributed by atoms with E-state index in [2.05, 4.69) is 20.6 Å². The van der Waals surface area contributed by atoms with Crippen molar-refractivity contribution in [2.45, 2.75) is 56.3 Å². The summed E-state index contributed by atoms with van der Waals surface area (Å²) in [5, 5.41) is 33.6. The summed E-state index contributed by atoms with van der Waals surface area (Å²) >= 11 is 0. The molecule has 4 unspecified atom stereocenters. The maximum atomic E-state index is 12.8. The number of carbonyl (C=O) groups is 7. The summed E-state index contributed by atoms with van der Waals surface area (Å²) < 4.78 is 0. The van der Waals surface area contributed by atoms with Crippen LogP contribution in [0.15, 0.2) is 12.5 Å². The molecule has 0 saturated heterocycles. The normalized spacial score (nSPS) is 13.9. The number of nitrogens with two attached hydrogens (primary N) is 2. The smallest absolute Gasteiger partial charge is 0.326 e. The van der Waals surface area contributed by atoms with Crippen molar-refractivity contribution >= 4 is 41.5 Å². The molecule has 0 fully saturated rings. The highest BCUT2D eigenvalue weighted by molar-refractivity contribution is 5.96. The second-order valence-corrected chi connectivity index (χ2v) is 7.61. The van der Waals surface area contributed by atoms with Crippen LogP contribution in [0.5, 0.6) is 0 Å². The van der Waals surface area contributed by atoms with Gasteiger partial charge in [-0.1, -0.05) is 0 Å². The van der Waals surface area contributed by atoms with Gasteiger partial charge in [-0.05, 0) is 6.42 Å². The number of hydrogen-bond donors (Lipinski definition) is 9. The van der Waals surface area contributed by atoms with Crippen molar-refractivity contribution in [3.05, 3.63) is 18.2 Å². The summed E-state index contributed by atoms with van der Waals surface area (Å²) in [6.07, 6.45) is -0.0670. The highest BCUT2D eigenvalue weighted by Crippen LogP contribution is 2.05. The van der Waals surface area contributed by atoms with Gasteiger partial charge in [-0.2, -0.15) is 0 Å². The zero-order chi connectivity index (χ0) is 27.4. The van der Waals surface area contributed by atoms with Gasteiger partial charge in [0.05, 0.1) is 25.2 Å². The predicted octanol–water partition coefficient (Wildman–Crippen LogP) is -3.97. The monoisotopic (exact) mass is 513 g/mol. The van der Waals surface area contributed by atoms with Gasteiger partial charge in [0.1, 0.15) is 18.1 Å². The highest BCUT2D eigenvalue weighted by atomic mass is 16.4. The van der Waals surface area contributed by atoms with E-state index < -0.39 is 78.5 Å². The number of nitrogens with zero attached hydrogens (tertiary/aromatic N) is 1. The molecule has 198 valence electrons. The van der Waals surface area contributed by atoms with Crippen LogP contribution >= 0.6 is 0 Å². The first-order valence-electron chi connectivity index (χ1n) is 10.4. The first-order valence-corrected chi connectivity index (χ1v) is 10.4. The number of imidazole rings is 1. The molecule has 1 aromatic heterocycles. The Hall–Kier alpha value is -4.54. The number of H-pyrrole nitrogens is 1. The van der Waals surface area contributed by atoms with E-state index in [0.717, 1.165) is 0 Å². The van der Waals surface area contributed by atoms with Gasteiger partial charge in [0.2, 0.25) is 23.6 Å². The topological polar surface area (TPSA) is 297 Å². The van der Waals surface area contributed by atoms with Crippen LogP contribution in [0, 0.1) is 0 Å². The van der Waals surface area contributed by atoms with Crippen LogP contribution in [0.25, 0.3) is 0 Å². The summed E-state index contributed by atoms with van der Waals surface area (Å²) in [4.78, 5) is 88.6. The van der Waals surface area contributed by atoms with Crippen LogP contribution in [0.4, 0.5) is 0 Å². The minimum absolute atomic E-state index is 0.244. The molecular weight excluding hydrogens is 486 g/mol. The number of carboxylic acids is 3. The van der Waals surface area contributed by atoms with Crippen molar-refractivity contribution in [1.29, 1.82) is 0 Å². The molecule has 0 aliphatic heterocycles. The zero-order valence-electron chi connectivity index (χ0n) is 18.8. The minimum Gasteiger partial charge on any atom is -0.481 e. The maximum absolute atomic E-state index is 12.8. The third kappa shape index (κ3) is 10.6. The van der Waals surface area contributed by atoms with Crippen molar-refractivity contribution in [2.24, 2.45) is 11.5 Å². The first-order chi connectivity index (χ1) is 16.8. The summed E-state index contributed by atoms with van der Waals surface area (Å²) in [5.41, 5.74) is 10.8. The molecule has 0 bridgehead atoms. The third-order valence-electron chi connectivity index (χ3n) is 4.65. The average molecular weight is 513 g/mol. The van der Waals surface area contributed by atoms with Crippen LogP contribution in [0.1, 0.15) is 31.4 Å². The molecule has 1 heterocycles. The fraction of sp³-hybridized carbons (Fsp3) is 0.474. The molecule has 0 aromatic carbocycles. The van der Waals surface area contributed by atoms with Crippen molar-refractivity contribution in [3.8, 4) is 0 Å². The standard InChI is InChI=1S/C19H27N7O10/c20-9(4-14(28)29)16(32)25-12(5-15(30)31)18(34)26-11(3-8-6-22-7-23-8)17(33)24-10(19(35)36)1-2-13(21)27/h6-7,9-12H,1-5,20H2,(H2,21,27)(H,22,23)(H,24,33)(H,25,32)(H,26,34)(H,28,29)(H,30,31)(H,35,36). The lowest BCUT2D eigenvalue weighted by molar-refractivity contribution is -0.143. The van der Waals surface area contributed by atoms with Crippen LogP contribution in [0.2, 0.25) is 0 Å². The molecule has 0 aliphatic carbocycles. The average Bonchev–Trinajstić information content (AvgIpc) is 3.27. The fourth-order valence-corrected chi connectivity index (χ4v) is 2.86. The highest BCUT2D eigenvalue weighted by Gasteiger charge is 2.32. The van der Waals surface area contributed by atoms with Gasteiger partial charge in [0.15, 0.2) is 0 Å². The van der Waals surface area contributed by atoms with E-state index in [1.807, 2.05) is 5.32 Å². The predicted molar refractivity (Wildman–Crippen MR) is 117 cm³/mol. The van der Waals surface area contributed by atoms with E-state index in [9.17, 15) is 38.7 Å². The Kier molecular flexibility index (Phi) is 11.5. The van der Waals surface area contributed by atoms with Gasteiger partial charge in [0.25, 0.3) is 0 Å². The van der Waals surface area contributed by atoms with Gasteiger partial charge >= 0.3 is 17.9 Å². The number of nitrogens with one attached hydrogen (secondary N) is 4. The Morgan fingerprint density at radius 1 is 0.861 bits per heavy atom. The quantitative estimate of drug-likeness (QED) is 0.102. The second-order valence-electron chi connectivity index (χ2n) is 7.61. The Morgan fingerprint density at radius 2 is 1.42 bits per heavy atom. The van der Waals surface area contributed by atoms with Gasteiger partial charge < -0.3 is 47.7 Å². The molecule has 4 atom stereocenters. The lowest BCUT2D eigenvalue weighted by Crippen LogP contribution is -2.58. The number of aromatic nitrogens is 2. The number of primary amides is 1. The number of aromatic amines is 1. The summed E-state index contributed by atoms with van der Waals surface area (Å²) in [6.45, 7) is 0. The number of aliphatic carboxylic acids is 3. The van der Waals surface area contributed by atoms with Crippen LogP contribution in [0.3, 0.4) is 0 Å². The molecule has 1 rings (SSSR count). The van der Waals surface area contributed by atoms with Gasteiger partial charge in [-0.25, -0.2) is 9.78 Å². The summed E-state index contributed by atoms with van der Waals surface area (Å²) in [5.74, 6) is -8.45. The number of rotatable bonds is 16. The molecule has 17 heteroatoms. The van der Waals surface area contributed by atoms with E-state index in [1.54, 1.807) is 0 Å². The van der Waals surface area contributed by atoms with Crippen LogP contribution in [-0.4, -0.2) is 91.0 Å². The Bertz CT molecular complexity index is 981. The molecule has 36 heavy (non-hydrogen) atoms. The minimum atomic E-state index is -1.75. The molecular formula is C19H27N7O10. The number of carboxylic acid groups (broad SMARTS) is 3. The molecule has 0 radical (unpaired) electrons. The third-order valence-corrected chi connectivity index (χ3v) is 4.65. The molecule has 0 saturated carbocycles. The molecule has 0 aliphatic rings. The van der Waals surface area contributed by atoms with Crippen molar-refractivity contribution in [3.63, 3.8) is 0 Å². The lowest BCUT2D eigenvalue weighted by atomic mass is 10.1. The van der Waals surface area contributed by atoms with Crippen molar-refractivity contribution < 1.29 is 48.9 Å². The second kappa shape index (κ2) is 14.0.